The van der Waals surface area contributed by atoms with Crippen molar-refractivity contribution in [3.8, 4) is 0 Å². The molecule has 0 spiro atoms. The number of urea groups is 1. The Labute approximate surface area is 127 Å². The van der Waals surface area contributed by atoms with E-state index in [1.165, 1.54) is 0 Å². The molecule has 7 heteroatoms. The van der Waals surface area contributed by atoms with Gasteiger partial charge in [-0.05, 0) is 53.4 Å². The Kier molecular flexibility index (Phi) is 4.15. The minimum absolute atomic E-state index is 0.468. The van der Waals surface area contributed by atoms with E-state index in [2.05, 4.69) is 42.5 Å². The van der Waals surface area contributed by atoms with Gasteiger partial charge >= 0.3 is 12.0 Å². The van der Waals surface area contributed by atoms with E-state index < -0.39 is 17.5 Å². The number of nitrogens with one attached hydrogen (secondary N) is 2. The van der Waals surface area contributed by atoms with E-state index >= 15 is 0 Å². The molecule has 0 saturated heterocycles. The van der Waals surface area contributed by atoms with Gasteiger partial charge in [-0.3, -0.25) is 0 Å². The molecule has 0 aliphatic heterocycles. The second kappa shape index (κ2) is 5.50. The number of benzene rings is 1. The van der Waals surface area contributed by atoms with Crippen LogP contribution in [-0.4, -0.2) is 22.6 Å². The zero-order valence-corrected chi connectivity index (χ0v) is 13.0. The predicted octanol–water partition coefficient (Wildman–Crippen LogP) is 3.34. The van der Waals surface area contributed by atoms with E-state index in [9.17, 15) is 9.59 Å². The van der Waals surface area contributed by atoms with E-state index in [4.69, 9.17) is 5.11 Å². The molecule has 1 saturated carbocycles. The topological polar surface area (TPSA) is 78.4 Å². The van der Waals surface area contributed by atoms with Gasteiger partial charge in [0.2, 0.25) is 0 Å². The van der Waals surface area contributed by atoms with Crippen LogP contribution < -0.4 is 10.6 Å². The highest BCUT2D eigenvalue weighted by molar-refractivity contribution is 9.11. The van der Waals surface area contributed by atoms with Crippen molar-refractivity contribution in [1.82, 2.24) is 5.32 Å². The lowest BCUT2D eigenvalue weighted by atomic mass is 9.77. The molecular formula is C12H12Br2N2O3. The molecule has 3 N–H and O–H groups in total. The fraction of sp³-hybridized carbons (Fsp3) is 0.333. The molecule has 1 fully saturated rings. The summed E-state index contributed by atoms with van der Waals surface area (Å²) in [5.74, 6) is -0.984. The summed E-state index contributed by atoms with van der Waals surface area (Å²) < 4.78 is 1.55. The van der Waals surface area contributed by atoms with Gasteiger partial charge in [0.15, 0.2) is 0 Å². The molecule has 2 amide bonds. The lowest BCUT2D eigenvalue weighted by molar-refractivity contribution is -0.148. The third-order valence-corrected chi connectivity index (χ3v) is 4.33. The minimum atomic E-state index is -1.11. The van der Waals surface area contributed by atoms with Crippen LogP contribution in [0.25, 0.3) is 0 Å². The number of hydrogen-bond donors (Lipinski definition) is 3. The summed E-state index contributed by atoms with van der Waals surface area (Å²) >= 11 is 6.63. The molecule has 1 aromatic carbocycles. The smallest absolute Gasteiger partial charge is 0.329 e. The Morgan fingerprint density at radius 2 is 1.95 bits per heavy atom. The van der Waals surface area contributed by atoms with Crippen LogP contribution in [0, 0.1) is 0 Å². The van der Waals surface area contributed by atoms with Gasteiger partial charge in [-0.1, -0.05) is 15.9 Å². The summed E-state index contributed by atoms with van der Waals surface area (Å²) in [6.07, 6.45) is 1.75. The molecule has 0 bridgehead atoms. The van der Waals surface area contributed by atoms with E-state index in [0.717, 1.165) is 15.4 Å². The van der Waals surface area contributed by atoms with Gasteiger partial charge in [0, 0.05) is 8.95 Å². The van der Waals surface area contributed by atoms with E-state index in [1.807, 2.05) is 6.07 Å². The van der Waals surface area contributed by atoms with Crippen molar-refractivity contribution >= 4 is 49.5 Å². The number of rotatable bonds is 3. The number of hydrogen-bond acceptors (Lipinski definition) is 2. The average Bonchev–Trinajstić information content (AvgIpc) is 2.28. The number of anilines is 1. The van der Waals surface area contributed by atoms with Crippen molar-refractivity contribution in [2.75, 3.05) is 5.32 Å². The van der Waals surface area contributed by atoms with Crippen LogP contribution >= 0.6 is 31.9 Å². The molecule has 0 radical (unpaired) electrons. The molecule has 0 unspecified atom stereocenters. The molecule has 0 heterocycles. The Bertz CT molecular complexity index is 530. The average molecular weight is 392 g/mol. The van der Waals surface area contributed by atoms with Crippen molar-refractivity contribution in [1.29, 1.82) is 0 Å². The number of aliphatic carboxylic acids is 1. The van der Waals surface area contributed by atoms with Gasteiger partial charge in [0.25, 0.3) is 0 Å². The van der Waals surface area contributed by atoms with Crippen LogP contribution in [0.2, 0.25) is 0 Å². The normalized spacial score (nSPS) is 16.3. The first-order chi connectivity index (χ1) is 8.93. The van der Waals surface area contributed by atoms with Gasteiger partial charge < -0.3 is 15.7 Å². The summed E-state index contributed by atoms with van der Waals surface area (Å²) in [7, 11) is 0. The summed E-state index contributed by atoms with van der Waals surface area (Å²) in [5, 5.41) is 14.3. The molecule has 1 aliphatic rings. The highest BCUT2D eigenvalue weighted by Crippen LogP contribution is 2.32. The van der Waals surface area contributed by atoms with Crippen molar-refractivity contribution in [2.45, 2.75) is 24.8 Å². The third-order valence-electron chi connectivity index (χ3n) is 3.15. The number of carboxylic acids is 1. The second-order valence-electron chi connectivity index (χ2n) is 4.44. The molecule has 2 rings (SSSR count). The van der Waals surface area contributed by atoms with E-state index in [0.29, 0.717) is 18.5 Å². The maximum absolute atomic E-state index is 11.9. The Morgan fingerprint density at radius 1 is 1.26 bits per heavy atom. The van der Waals surface area contributed by atoms with Crippen molar-refractivity contribution in [3.63, 3.8) is 0 Å². The quantitative estimate of drug-likeness (QED) is 0.739. The fourth-order valence-electron chi connectivity index (χ4n) is 1.89. The Balaban J connectivity index is 2.05. The third kappa shape index (κ3) is 3.09. The lowest BCUT2D eigenvalue weighted by Gasteiger charge is -2.38. The van der Waals surface area contributed by atoms with Crippen LogP contribution in [0.1, 0.15) is 19.3 Å². The minimum Gasteiger partial charge on any atom is -0.480 e. The molecule has 102 valence electrons. The first kappa shape index (κ1) is 14.3. The van der Waals surface area contributed by atoms with Crippen LogP contribution in [0.4, 0.5) is 10.5 Å². The fourth-order valence-corrected chi connectivity index (χ4v) is 2.59. The standard InChI is InChI=1S/C12H12Br2N2O3/c13-7-2-3-8(14)9(6-7)15-11(19)16-12(10(17)18)4-1-5-12/h2-3,6H,1,4-5H2,(H,17,18)(H2,15,16,19). The summed E-state index contributed by atoms with van der Waals surface area (Å²) in [6.45, 7) is 0. The number of carboxylic acid groups (broad SMARTS) is 1. The zero-order chi connectivity index (χ0) is 14.0. The van der Waals surface area contributed by atoms with Gasteiger partial charge in [0.05, 0.1) is 5.69 Å². The van der Waals surface area contributed by atoms with Gasteiger partial charge in [0.1, 0.15) is 5.54 Å². The molecular weight excluding hydrogens is 380 g/mol. The highest BCUT2D eigenvalue weighted by Gasteiger charge is 2.45. The predicted molar refractivity (Wildman–Crippen MR) is 78.2 cm³/mol. The second-order valence-corrected chi connectivity index (χ2v) is 6.21. The van der Waals surface area contributed by atoms with Crippen LogP contribution in [-0.2, 0) is 4.79 Å². The largest absolute Gasteiger partial charge is 0.480 e. The molecule has 0 aromatic heterocycles. The molecule has 1 aromatic rings. The number of amides is 2. The first-order valence-electron chi connectivity index (χ1n) is 5.70. The number of carbonyl (C=O) groups is 2. The molecule has 5 nitrogen and oxygen atoms in total. The highest BCUT2D eigenvalue weighted by atomic mass is 79.9. The van der Waals surface area contributed by atoms with Crippen molar-refractivity contribution in [2.24, 2.45) is 0 Å². The molecule has 19 heavy (non-hydrogen) atoms. The summed E-state index contributed by atoms with van der Waals surface area (Å²) in [5.41, 5.74) is -0.533. The van der Waals surface area contributed by atoms with Crippen molar-refractivity contribution in [3.05, 3.63) is 27.1 Å². The lowest BCUT2D eigenvalue weighted by Crippen LogP contribution is -2.60. The van der Waals surface area contributed by atoms with Crippen molar-refractivity contribution < 1.29 is 14.7 Å². The van der Waals surface area contributed by atoms with Crippen LogP contribution in [0.3, 0.4) is 0 Å². The van der Waals surface area contributed by atoms with E-state index in [-0.39, 0.29) is 0 Å². The maximum Gasteiger partial charge on any atom is 0.329 e. The van der Waals surface area contributed by atoms with Gasteiger partial charge in [-0.2, -0.15) is 0 Å². The number of carbonyl (C=O) groups excluding carboxylic acids is 1. The SMILES string of the molecule is O=C(Nc1cc(Br)ccc1Br)NC1(C(=O)O)CCC1. The zero-order valence-electron chi connectivity index (χ0n) is 9.87. The molecule has 1 aliphatic carbocycles. The first-order valence-corrected chi connectivity index (χ1v) is 7.29. The van der Waals surface area contributed by atoms with Crippen LogP contribution in [0.15, 0.2) is 27.1 Å². The van der Waals surface area contributed by atoms with E-state index in [1.54, 1.807) is 12.1 Å². The van der Waals surface area contributed by atoms with Gasteiger partial charge in [-0.25, -0.2) is 9.59 Å². The Hall–Kier alpha value is -1.08. The Morgan fingerprint density at radius 3 is 2.47 bits per heavy atom. The van der Waals surface area contributed by atoms with Gasteiger partial charge in [-0.15, -0.1) is 0 Å². The number of halogens is 2. The monoisotopic (exact) mass is 390 g/mol. The maximum atomic E-state index is 11.9. The summed E-state index contributed by atoms with van der Waals surface area (Å²) in [4.78, 5) is 23.0. The molecule has 0 atom stereocenters. The van der Waals surface area contributed by atoms with Crippen LogP contribution in [0.5, 0.6) is 0 Å². The summed E-state index contributed by atoms with van der Waals surface area (Å²) in [6, 6.07) is 4.84.